The van der Waals surface area contributed by atoms with Crippen LogP contribution in [0.15, 0.2) is 58.7 Å². The van der Waals surface area contributed by atoms with E-state index in [-0.39, 0.29) is 0 Å². The number of pyridine rings is 1. The van der Waals surface area contributed by atoms with Gasteiger partial charge in [-0.2, -0.15) is 0 Å². The summed E-state index contributed by atoms with van der Waals surface area (Å²) in [4.78, 5) is 7.76. The number of H-pyrrole nitrogens is 1. The highest BCUT2D eigenvalue weighted by atomic mass is 32.2. The van der Waals surface area contributed by atoms with Crippen LogP contribution < -0.4 is 5.73 Å². The van der Waals surface area contributed by atoms with Crippen molar-refractivity contribution in [3.63, 3.8) is 0 Å². The first-order valence-electron chi connectivity index (χ1n) is 5.76. The van der Waals surface area contributed by atoms with Gasteiger partial charge in [-0.05, 0) is 23.8 Å². The summed E-state index contributed by atoms with van der Waals surface area (Å²) in [7, 11) is 0. The highest BCUT2D eigenvalue weighted by Crippen LogP contribution is 2.30. The van der Waals surface area contributed by atoms with E-state index in [1.54, 1.807) is 18.0 Å². The van der Waals surface area contributed by atoms with Crippen LogP contribution >= 0.6 is 11.8 Å². The molecule has 0 atom stereocenters. The molecule has 3 rings (SSSR count). The van der Waals surface area contributed by atoms with E-state index in [1.165, 1.54) is 5.39 Å². The Hall–Kier alpha value is -1.78. The monoisotopic (exact) mass is 255 g/mol. The maximum Gasteiger partial charge on any atom is 0.107 e. The third kappa shape index (κ3) is 2.12. The summed E-state index contributed by atoms with van der Waals surface area (Å²) in [5, 5.41) is 3.27. The minimum Gasteiger partial charge on any atom is -0.349 e. The second-order valence-electron chi connectivity index (χ2n) is 3.99. The Bertz CT molecular complexity index is 642. The number of para-hydroxylation sites is 1. The summed E-state index contributed by atoms with van der Waals surface area (Å²) < 4.78 is 0. The molecule has 90 valence electrons. The average molecular weight is 255 g/mol. The normalized spacial score (nSPS) is 10.9. The van der Waals surface area contributed by atoms with Crippen LogP contribution in [0.5, 0.6) is 0 Å². The van der Waals surface area contributed by atoms with Crippen LogP contribution in [0.1, 0.15) is 5.56 Å². The third-order valence-corrected chi connectivity index (χ3v) is 3.78. The van der Waals surface area contributed by atoms with Gasteiger partial charge in [-0.15, -0.1) is 0 Å². The van der Waals surface area contributed by atoms with Crippen LogP contribution in [0, 0.1) is 0 Å². The van der Waals surface area contributed by atoms with E-state index in [1.807, 2.05) is 24.3 Å². The van der Waals surface area contributed by atoms with Crippen molar-refractivity contribution in [2.45, 2.75) is 16.6 Å². The van der Waals surface area contributed by atoms with Crippen molar-refractivity contribution in [2.75, 3.05) is 0 Å². The number of hydrogen-bond donors (Lipinski definition) is 2. The molecule has 0 radical (unpaired) electrons. The van der Waals surface area contributed by atoms with Gasteiger partial charge in [0.2, 0.25) is 0 Å². The van der Waals surface area contributed by atoms with Gasteiger partial charge in [0.1, 0.15) is 5.03 Å². The number of nitrogens with one attached hydrogen (secondary N) is 1. The molecule has 0 bridgehead atoms. The molecule has 4 heteroatoms. The predicted molar refractivity (Wildman–Crippen MR) is 74.6 cm³/mol. The molecule has 0 fully saturated rings. The van der Waals surface area contributed by atoms with Crippen LogP contribution in [0.2, 0.25) is 0 Å². The Morgan fingerprint density at radius 3 is 2.89 bits per heavy atom. The molecule has 0 aliphatic heterocycles. The molecule has 0 spiro atoms. The van der Waals surface area contributed by atoms with E-state index < -0.39 is 0 Å². The molecular weight excluding hydrogens is 242 g/mol. The zero-order chi connectivity index (χ0) is 12.4. The molecule has 3 nitrogen and oxygen atoms in total. The van der Waals surface area contributed by atoms with Crippen LogP contribution in [0.25, 0.3) is 10.9 Å². The van der Waals surface area contributed by atoms with Crippen molar-refractivity contribution in [3.8, 4) is 0 Å². The van der Waals surface area contributed by atoms with Gasteiger partial charge in [-0.3, -0.25) is 0 Å². The Morgan fingerprint density at radius 1 is 1.17 bits per heavy atom. The zero-order valence-corrected chi connectivity index (χ0v) is 10.6. The maximum atomic E-state index is 5.72. The molecule has 3 N–H and O–H groups in total. The second kappa shape index (κ2) is 4.84. The van der Waals surface area contributed by atoms with Crippen LogP contribution in [-0.2, 0) is 6.54 Å². The fourth-order valence-corrected chi connectivity index (χ4v) is 2.83. The number of fused-ring (bicyclic) bond motifs is 1. The molecule has 2 aromatic heterocycles. The Labute approximate surface area is 109 Å². The molecule has 18 heavy (non-hydrogen) atoms. The summed E-state index contributed by atoms with van der Waals surface area (Å²) in [5.74, 6) is 0. The van der Waals surface area contributed by atoms with Gasteiger partial charge in [0.25, 0.3) is 0 Å². The van der Waals surface area contributed by atoms with Gasteiger partial charge in [0, 0.05) is 23.6 Å². The highest BCUT2D eigenvalue weighted by Gasteiger charge is 2.06. The SMILES string of the molecule is NCc1cccnc1Sc1cc2ccccc2[nH]1. The van der Waals surface area contributed by atoms with Crippen LogP contribution in [0.4, 0.5) is 0 Å². The Morgan fingerprint density at radius 2 is 2.06 bits per heavy atom. The van der Waals surface area contributed by atoms with Gasteiger partial charge in [-0.1, -0.05) is 36.0 Å². The van der Waals surface area contributed by atoms with Gasteiger partial charge in [0.15, 0.2) is 0 Å². The first-order chi connectivity index (χ1) is 8.86. The summed E-state index contributed by atoms with van der Waals surface area (Å²) in [6.07, 6.45) is 1.80. The van der Waals surface area contributed by atoms with E-state index >= 15 is 0 Å². The smallest absolute Gasteiger partial charge is 0.107 e. The summed E-state index contributed by atoms with van der Waals surface area (Å²) in [5.41, 5.74) is 7.93. The van der Waals surface area contributed by atoms with Crippen LogP contribution in [-0.4, -0.2) is 9.97 Å². The molecule has 0 unspecified atom stereocenters. The lowest BCUT2D eigenvalue weighted by atomic mass is 10.3. The number of hydrogen-bond acceptors (Lipinski definition) is 3. The molecule has 2 heterocycles. The first-order valence-corrected chi connectivity index (χ1v) is 6.58. The quantitative estimate of drug-likeness (QED) is 0.755. The number of aromatic amines is 1. The Kier molecular flexibility index (Phi) is 3.04. The summed E-state index contributed by atoms with van der Waals surface area (Å²) >= 11 is 1.62. The Balaban J connectivity index is 1.96. The number of rotatable bonds is 3. The number of nitrogens with two attached hydrogens (primary N) is 1. The minimum atomic E-state index is 0.510. The molecule has 0 saturated heterocycles. The highest BCUT2D eigenvalue weighted by molar-refractivity contribution is 7.99. The molecule has 3 aromatic rings. The first kappa shape index (κ1) is 11.3. The molecule has 0 aliphatic rings. The molecule has 0 aliphatic carbocycles. The number of aromatic nitrogens is 2. The lowest BCUT2D eigenvalue weighted by Gasteiger charge is -2.03. The van der Waals surface area contributed by atoms with Crippen molar-refractivity contribution in [2.24, 2.45) is 5.73 Å². The number of nitrogens with zero attached hydrogens (tertiary/aromatic N) is 1. The summed E-state index contributed by atoms with van der Waals surface area (Å²) in [6, 6.07) is 14.3. The lowest BCUT2D eigenvalue weighted by molar-refractivity contribution is 0.961. The fraction of sp³-hybridized carbons (Fsp3) is 0.0714. The molecule has 0 saturated carbocycles. The van der Waals surface area contributed by atoms with Crippen molar-refractivity contribution in [1.29, 1.82) is 0 Å². The van der Waals surface area contributed by atoms with E-state index in [0.717, 1.165) is 21.1 Å². The fourth-order valence-electron chi connectivity index (χ4n) is 1.88. The third-order valence-electron chi connectivity index (χ3n) is 2.78. The van der Waals surface area contributed by atoms with Crippen molar-refractivity contribution in [1.82, 2.24) is 9.97 Å². The van der Waals surface area contributed by atoms with E-state index in [2.05, 4.69) is 28.2 Å². The van der Waals surface area contributed by atoms with E-state index in [9.17, 15) is 0 Å². The maximum absolute atomic E-state index is 5.72. The predicted octanol–water partition coefficient (Wildman–Crippen LogP) is 3.17. The molecule has 1 aromatic carbocycles. The van der Waals surface area contributed by atoms with Crippen molar-refractivity contribution >= 4 is 22.7 Å². The van der Waals surface area contributed by atoms with Crippen molar-refractivity contribution < 1.29 is 0 Å². The van der Waals surface area contributed by atoms with Gasteiger partial charge in [-0.25, -0.2) is 4.98 Å². The van der Waals surface area contributed by atoms with E-state index in [4.69, 9.17) is 5.73 Å². The lowest BCUT2D eigenvalue weighted by Crippen LogP contribution is -1.99. The minimum absolute atomic E-state index is 0.510. The van der Waals surface area contributed by atoms with E-state index in [0.29, 0.717) is 6.54 Å². The molecular formula is C14H13N3S. The standard InChI is InChI=1S/C14H13N3S/c15-9-11-5-3-7-16-14(11)18-13-8-10-4-1-2-6-12(10)17-13/h1-8,17H,9,15H2. The van der Waals surface area contributed by atoms with Gasteiger partial charge < -0.3 is 10.7 Å². The van der Waals surface area contributed by atoms with Crippen LogP contribution in [0.3, 0.4) is 0 Å². The second-order valence-corrected chi connectivity index (χ2v) is 5.03. The summed E-state index contributed by atoms with van der Waals surface area (Å²) in [6.45, 7) is 0.510. The molecule has 0 amide bonds. The van der Waals surface area contributed by atoms with Gasteiger partial charge in [0.05, 0.1) is 5.03 Å². The van der Waals surface area contributed by atoms with Gasteiger partial charge >= 0.3 is 0 Å². The largest absolute Gasteiger partial charge is 0.349 e. The topological polar surface area (TPSA) is 54.7 Å². The van der Waals surface area contributed by atoms with Crippen molar-refractivity contribution in [3.05, 3.63) is 54.2 Å². The number of benzene rings is 1. The zero-order valence-electron chi connectivity index (χ0n) is 9.76. The average Bonchev–Trinajstić information content (AvgIpc) is 2.81.